The molecular weight excluding hydrogens is 186 g/mol. The van der Waals surface area contributed by atoms with Gasteiger partial charge in [-0.1, -0.05) is 17.7 Å². The molecule has 2 nitrogen and oxygen atoms in total. The Morgan fingerprint density at radius 3 is 2.87 bits per heavy atom. The van der Waals surface area contributed by atoms with E-state index in [1.165, 1.54) is 24.0 Å². The molecule has 82 valence electrons. The van der Waals surface area contributed by atoms with Crippen molar-refractivity contribution in [3.63, 3.8) is 0 Å². The van der Waals surface area contributed by atoms with Gasteiger partial charge in [0, 0.05) is 0 Å². The van der Waals surface area contributed by atoms with Gasteiger partial charge >= 0.3 is 0 Å². The van der Waals surface area contributed by atoms with E-state index in [1.807, 2.05) is 7.05 Å². The van der Waals surface area contributed by atoms with E-state index in [0.29, 0.717) is 6.10 Å². The lowest BCUT2D eigenvalue weighted by Crippen LogP contribution is -2.11. The zero-order valence-electron chi connectivity index (χ0n) is 9.55. The molecule has 1 aliphatic rings. The van der Waals surface area contributed by atoms with E-state index >= 15 is 0 Å². The highest BCUT2D eigenvalue weighted by molar-refractivity contribution is 5.37. The molecule has 2 rings (SSSR count). The van der Waals surface area contributed by atoms with Crippen LogP contribution in [0, 0.1) is 6.92 Å². The van der Waals surface area contributed by atoms with Crippen molar-refractivity contribution >= 4 is 0 Å². The standard InChI is InChI=1S/C13H19NO/c1-10-3-6-13(15-12-4-5-12)11(9-10)7-8-14-2/h3,6,9,12,14H,4-5,7-8H2,1-2H3. The molecule has 1 fully saturated rings. The van der Waals surface area contributed by atoms with Crippen molar-refractivity contribution in [2.45, 2.75) is 32.3 Å². The number of aryl methyl sites for hydroxylation is 1. The number of benzene rings is 1. The molecule has 0 aromatic heterocycles. The van der Waals surface area contributed by atoms with Gasteiger partial charge in [-0.15, -0.1) is 0 Å². The predicted octanol–water partition coefficient (Wildman–Crippen LogP) is 2.30. The highest BCUT2D eigenvalue weighted by Gasteiger charge is 2.24. The fourth-order valence-electron chi connectivity index (χ4n) is 1.64. The summed E-state index contributed by atoms with van der Waals surface area (Å²) in [5.74, 6) is 1.08. The second kappa shape index (κ2) is 4.67. The Bertz CT molecular complexity index is 331. The van der Waals surface area contributed by atoms with Crippen molar-refractivity contribution in [2.75, 3.05) is 13.6 Å². The summed E-state index contributed by atoms with van der Waals surface area (Å²) in [5, 5.41) is 3.18. The Labute approximate surface area is 91.6 Å². The van der Waals surface area contributed by atoms with Crippen LogP contribution in [0.4, 0.5) is 0 Å². The first kappa shape index (κ1) is 10.5. The minimum absolute atomic E-state index is 0.487. The van der Waals surface area contributed by atoms with Crippen LogP contribution in [0.1, 0.15) is 24.0 Å². The number of ether oxygens (including phenoxy) is 1. The molecule has 2 heteroatoms. The van der Waals surface area contributed by atoms with Gasteiger partial charge in [-0.05, 0) is 51.4 Å². The van der Waals surface area contributed by atoms with Crippen molar-refractivity contribution in [3.05, 3.63) is 29.3 Å². The van der Waals surface area contributed by atoms with E-state index in [2.05, 4.69) is 30.4 Å². The lowest BCUT2D eigenvalue weighted by molar-refractivity contribution is 0.300. The molecule has 0 radical (unpaired) electrons. The molecule has 1 aromatic rings. The zero-order valence-corrected chi connectivity index (χ0v) is 9.55. The van der Waals surface area contributed by atoms with Crippen molar-refractivity contribution in [1.29, 1.82) is 0 Å². The van der Waals surface area contributed by atoms with Crippen molar-refractivity contribution < 1.29 is 4.74 Å². The van der Waals surface area contributed by atoms with E-state index in [1.54, 1.807) is 0 Å². The van der Waals surface area contributed by atoms with Gasteiger partial charge in [-0.2, -0.15) is 0 Å². The Morgan fingerprint density at radius 2 is 2.20 bits per heavy atom. The van der Waals surface area contributed by atoms with Crippen LogP contribution >= 0.6 is 0 Å². The fraction of sp³-hybridized carbons (Fsp3) is 0.538. The molecule has 0 aliphatic heterocycles. The first-order chi connectivity index (χ1) is 7.29. The smallest absolute Gasteiger partial charge is 0.122 e. The summed E-state index contributed by atoms with van der Waals surface area (Å²) in [6.07, 6.45) is 3.97. The van der Waals surface area contributed by atoms with Crippen molar-refractivity contribution in [2.24, 2.45) is 0 Å². The number of nitrogens with one attached hydrogen (secondary N) is 1. The minimum atomic E-state index is 0.487. The van der Waals surface area contributed by atoms with E-state index < -0.39 is 0 Å². The highest BCUT2D eigenvalue weighted by atomic mass is 16.5. The first-order valence-electron chi connectivity index (χ1n) is 5.70. The third-order valence-electron chi connectivity index (χ3n) is 2.68. The molecule has 0 atom stereocenters. The lowest BCUT2D eigenvalue weighted by Gasteiger charge is -2.11. The molecule has 1 aromatic carbocycles. The van der Waals surface area contributed by atoms with Crippen molar-refractivity contribution in [1.82, 2.24) is 5.32 Å². The molecule has 0 amide bonds. The number of rotatable bonds is 5. The van der Waals surface area contributed by atoms with Gasteiger partial charge in [0.2, 0.25) is 0 Å². The average Bonchev–Trinajstić information content (AvgIpc) is 3.02. The molecule has 0 unspecified atom stereocenters. The third-order valence-corrected chi connectivity index (χ3v) is 2.68. The molecule has 1 saturated carbocycles. The van der Waals surface area contributed by atoms with Crippen LogP contribution in [0.5, 0.6) is 5.75 Å². The quantitative estimate of drug-likeness (QED) is 0.796. The SMILES string of the molecule is CNCCc1cc(C)ccc1OC1CC1. The van der Waals surface area contributed by atoms with Gasteiger partial charge in [-0.25, -0.2) is 0 Å². The highest BCUT2D eigenvalue weighted by Crippen LogP contribution is 2.29. The second-order valence-electron chi connectivity index (χ2n) is 4.28. The summed E-state index contributed by atoms with van der Waals surface area (Å²) < 4.78 is 5.88. The maximum Gasteiger partial charge on any atom is 0.122 e. The molecular formula is C13H19NO. The van der Waals surface area contributed by atoms with Crippen LogP contribution in [-0.4, -0.2) is 19.7 Å². The Balaban J connectivity index is 2.10. The summed E-state index contributed by atoms with van der Waals surface area (Å²) in [4.78, 5) is 0. The Kier molecular flexibility index (Phi) is 3.27. The summed E-state index contributed by atoms with van der Waals surface area (Å²) in [7, 11) is 1.98. The van der Waals surface area contributed by atoms with E-state index in [-0.39, 0.29) is 0 Å². The summed E-state index contributed by atoms with van der Waals surface area (Å²) in [5.41, 5.74) is 2.64. The number of hydrogen-bond donors (Lipinski definition) is 1. The van der Waals surface area contributed by atoms with Crippen LogP contribution in [-0.2, 0) is 6.42 Å². The van der Waals surface area contributed by atoms with Crippen LogP contribution < -0.4 is 10.1 Å². The topological polar surface area (TPSA) is 21.3 Å². The number of likely N-dealkylation sites (N-methyl/N-ethyl adjacent to an activating group) is 1. The summed E-state index contributed by atoms with van der Waals surface area (Å²) >= 11 is 0. The van der Waals surface area contributed by atoms with Gasteiger partial charge < -0.3 is 10.1 Å². The Morgan fingerprint density at radius 1 is 1.40 bits per heavy atom. The lowest BCUT2D eigenvalue weighted by atomic mass is 10.1. The minimum Gasteiger partial charge on any atom is -0.490 e. The molecule has 0 bridgehead atoms. The van der Waals surface area contributed by atoms with Gasteiger partial charge in [0.05, 0.1) is 6.10 Å². The first-order valence-corrected chi connectivity index (χ1v) is 5.70. The predicted molar refractivity (Wildman–Crippen MR) is 62.5 cm³/mol. The van der Waals surface area contributed by atoms with Crippen LogP contribution in [0.25, 0.3) is 0 Å². The summed E-state index contributed by atoms with van der Waals surface area (Å²) in [6, 6.07) is 6.47. The van der Waals surface area contributed by atoms with Gasteiger partial charge in [0.1, 0.15) is 5.75 Å². The average molecular weight is 205 g/mol. The monoisotopic (exact) mass is 205 g/mol. The Hall–Kier alpha value is -1.02. The molecule has 15 heavy (non-hydrogen) atoms. The van der Waals surface area contributed by atoms with Gasteiger partial charge in [-0.3, -0.25) is 0 Å². The maximum absolute atomic E-state index is 5.88. The van der Waals surface area contributed by atoms with E-state index in [9.17, 15) is 0 Å². The fourth-order valence-corrected chi connectivity index (χ4v) is 1.64. The summed E-state index contributed by atoms with van der Waals surface area (Å²) in [6.45, 7) is 3.13. The zero-order chi connectivity index (χ0) is 10.7. The third kappa shape index (κ3) is 2.96. The molecule has 1 aliphatic carbocycles. The molecule has 0 spiro atoms. The molecule has 0 saturated heterocycles. The van der Waals surface area contributed by atoms with Crippen molar-refractivity contribution in [3.8, 4) is 5.75 Å². The van der Waals surface area contributed by atoms with Crippen LogP contribution in [0.3, 0.4) is 0 Å². The van der Waals surface area contributed by atoms with Crippen LogP contribution in [0.15, 0.2) is 18.2 Å². The van der Waals surface area contributed by atoms with Gasteiger partial charge in [0.15, 0.2) is 0 Å². The number of hydrogen-bond acceptors (Lipinski definition) is 2. The largest absolute Gasteiger partial charge is 0.490 e. The van der Waals surface area contributed by atoms with E-state index in [0.717, 1.165) is 18.7 Å². The molecule has 1 N–H and O–H groups in total. The second-order valence-corrected chi connectivity index (χ2v) is 4.28. The van der Waals surface area contributed by atoms with E-state index in [4.69, 9.17) is 4.74 Å². The maximum atomic E-state index is 5.88. The van der Waals surface area contributed by atoms with Gasteiger partial charge in [0.25, 0.3) is 0 Å². The normalized spacial score (nSPS) is 15.3. The molecule has 0 heterocycles. The van der Waals surface area contributed by atoms with Crippen LogP contribution in [0.2, 0.25) is 0 Å².